The van der Waals surface area contributed by atoms with Gasteiger partial charge >= 0.3 is 11.9 Å². The van der Waals surface area contributed by atoms with Gasteiger partial charge in [-0.15, -0.1) is 0 Å². The molecule has 0 saturated carbocycles. The van der Waals surface area contributed by atoms with Crippen molar-refractivity contribution in [2.75, 3.05) is 19.8 Å². The first kappa shape index (κ1) is 63.8. The Hall–Kier alpha value is -4.22. The van der Waals surface area contributed by atoms with Crippen LogP contribution in [-0.2, 0) is 23.8 Å². The maximum Gasteiger partial charge on any atom is 0.306 e. The second-order valence-electron chi connectivity index (χ2n) is 17.3. The molecular formula is C63H100O5. The molecule has 0 radical (unpaired) electrons. The molecule has 382 valence electrons. The van der Waals surface area contributed by atoms with Gasteiger partial charge in [-0.25, -0.2) is 0 Å². The number of hydrogen-bond acceptors (Lipinski definition) is 5. The monoisotopic (exact) mass is 937 g/mol. The molecule has 0 amide bonds. The summed E-state index contributed by atoms with van der Waals surface area (Å²) in [6, 6.07) is 0. The minimum absolute atomic E-state index is 0.0449. The van der Waals surface area contributed by atoms with E-state index in [9.17, 15) is 9.59 Å². The largest absolute Gasteiger partial charge is 0.462 e. The summed E-state index contributed by atoms with van der Waals surface area (Å²) >= 11 is 0. The van der Waals surface area contributed by atoms with Crippen LogP contribution in [0.5, 0.6) is 0 Å². The molecule has 0 aliphatic rings. The molecule has 0 saturated heterocycles. The molecule has 0 aliphatic carbocycles. The highest BCUT2D eigenvalue weighted by Crippen LogP contribution is 2.12. The first-order chi connectivity index (χ1) is 33.6. The van der Waals surface area contributed by atoms with Crippen molar-refractivity contribution in [1.82, 2.24) is 0 Å². The van der Waals surface area contributed by atoms with E-state index < -0.39 is 6.10 Å². The predicted octanol–water partition coefficient (Wildman–Crippen LogP) is 18.9. The van der Waals surface area contributed by atoms with Crippen molar-refractivity contribution < 1.29 is 23.8 Å². The van der Waals surface area contributed by atoms with E-state index >= 15 is 0 Å². The van der Waals surface area contributed by atoms with Crippen LogP contribution in [0.2, 0.25) is 0 Å². The third-order valence-electron chi connectivity index (χ3n) is 10.9. The molecule has 0 aromatic carbocycles. The Bertz CT molecular complexity index is 1480. The van der Waals surface area contributed by atoms with E-state index in [0.29, 0.717) is 19.4 Å². The van der Waals surface area contributed by atoms with Crippen LogP contribution >= 0.6 is 0 Å². The van der Waals surface area contributed by atoms with Gasteiger partial charge in [0.25, 0.3) is 0 Å². The van der Waals surface area contributed by atoms with Crippen LogP contribution in [0.15, 0.2) is 146 Å². The second-order valence-corrected chi connectivity index (χ2v) is 17.3. The Labute approximate surface area is 419 Å². The molecule has 1 atom stereocenters. The van der Waals surface area contributed by atoms with Gasteiger partial charge < -0.3 is 14.2 Å². The average Bonchev–Trinajstić information content (AvgIpc) is 3.34. The number of ether oxygens (including phenoxy) is 3. The normalized spacial score (nSPS) is 13.4. The fourth-order valence-electron chi connectivity index (χ4n) is 6.89. The van der Waals surface area contributed by atoms with Gasteiger partial charge in [0.15, 0.2) is 6.10 Å². The number of unbranched alkanes of at least 4 members (excludes halogenated alkanes) is 13. The summed E-state index contributed by atoms with van der Waals surface area (Å²) in [5, 5.41) is 0. The van der Waals surface area contributed by atoms with Crippen molar-refractivity contribution in [2.45, 2.75) is 219 Å². The van der Waals surface area contributed by atoms with Gasteiger partial charge in [-0.2, -0.15) is 0 Å². The lowest BCUT2D eigenvalue weighted by Crippen LogP contribution is -2.30. The molecule has 0 aromatic heterocycles. The van der Waals surface area contributed by atoms with E-state index in [1.807, 2.05) is 0 Å². The van der Waals surface area contributed by atoms with Crippen molar-refractivity contribution in [2.24, 2.45) is 0 Å². The standard InChI is InChI=1S/C63H100O5/c1-4-7-10-13-16-19-22-25-27-29-31-33-35-37-40-43-46-49-52-55-58-66-59-61(68-63(65)57-54-51-48-45-42-38-24-21-18-15-12-9-6-3)60-67-62(64)56-53-50-47-44-41-39-36-34-32-30-28-26-23-20-17-14-11-8-5-2/h7-12,16-21,25-28,31-34,37-38,40,42,61H,4-6,13-15,22-24,29-30,35-36,39,41,43-60H2,1-3H3/b10-7-,11-8-,12-9-,19-16-,20-17-,21-18-,27-25-,28-26-,33-31-,34-32-,40-37-,42-38-. The number of carbonyl (C=O) groups excluding carboxylic acids is 2. The minimum Gasteiger partial charge on any atom is -0.462 e. The van der Waals surface area contributed by atoms with Crippen molar-refractivity contribution in [3.8, 4) is 0 Å². The van der Waals surface area contributed by atoms with E-state index in [2.05, 4.69) is 167 Å². The fourth-order valence-corrected chi connectivity index (χ4v) is 6.89. The Morgan fingerprint density at radius 1 is 0.324 bits per heavy atom. The fraction of sp³-hybridized carbons (Fsp3) is 0.587. The Balaban J connectivity index is 4.40. The van der Waals surface area contributed by atoms with Crippen LogP contribution < -0.4 is 0 Å². The number of esters is 2. The van der Waals surface area contributed by atoms with E-state index in [-0.39, 0.29) is 25.2 Å². The topological polar surface area (TPSA) is 61.8 Å². The highest BCUT2D eigenvalue weighted by atomic mass is 16.6. The van der Waals surface area contributed by atoms with Gasteiger partial charge in [0.05, 0.1) is 6.61 Å². The van der Waals surface area contributed by atoms with E-state index in [1.165, 1.54) is 25.7 Å². The summed E-state index contributed by atoms with van der Waals surface area (Å²) in [7, 11) is 0. The first-order valence-electron chi connectivity index (χ1n) is 27.4. The third kappa shape index (κ3) is 54.4. The molecule has 0 bridgehead atoms. The van der Waals surface area contributed by atoms with Crippen molar-refractivity contribution in [3.63, 3.8) is 0 Å². The summed E-state index contributed by atoms with van der Waals surface area (Å²) in [5.41, 5.74) is 0. The second kappa shape index (κ2) is 57.1. The van der Waals surface area contributed by atoms with Crippen LogP contribution in [0.3, 0.4) is 0 Å². The van der Waals surface area contributed by atoms with E-state index in [1.54, 1.807) is 0 Å². The van der Waals surface area contributed by atoms with Crippen molar-refractivity contribution in [1.29, 1.82) is 0 Å². The van der Waals surface area contributed by atoms with Gasteiger partial charge in [0, 0.05) is 19.4 Å². The maximum atomic E-state index is 12.8. The summed E-state index contributed by atoms with van der Waals surface area (Å²) in [6.07, 6.45) is 82.9. The number of hydrogen-bond donors (Lipinski definition) is 0. The molecule has 0 rings (SSSR count). The van der Waals surface area contributed by atoms with Crippen LogP contribution in [-0.4, -0.2) is 37.9 Å². The SMILES string of the molecule is CC/C=C\C/C=C\C/C=C\C/C=C\C/C=C\CCCCCCOCC(COC(=O)CCCCCCCC/C=C\C/C=C\C/C=C\C/C=C\CC)OC(=O)CCCCC/C=C\C/C=C\C/C=C\CC. The maximum absolute atomic E-state index is 12.8. The summed E-state index contributed by atoms with van der Waals surface area (Å²) in [5.74, 6) is -0.473. The Kier molecular flexibility index (Phi) is 53.6. The molecule has 0 aliphatic heterocycles. The number of carbonyl (C=O) groups is 2. The smallest absolute Gasteiger partial charge is 0.306 e. The van der Waals surface area contributed by atoms with Gasteiger partial charge in [-0.1, -0.05) is 212 Å². The molecule has 0 N–H and O–H groups in total. The van der Waals surface area contributed by atoms with E-state index in [4.69, 9.17) is 14.2 Å². The predicted molar refractivity (Wildman–Crippen MR) is 297 cm³/mol. The Morgan fingerprint density at radius 3 is 1.00 bits per heavy atom. The zero-order valence-corrected chi connectivity index (χ0v) is 43.8. The molecule has 1 unspecified atom stereocenters. The molecule has 0 spiro atoms. The minimum atomic E-state index is -0.583. The lowest BCUT2D eigenvalue weighted by atomic mass is 10.1. The van der Waals surface area contributed by atoms with Crippen LogP contribution in [0.1, 0.15) is 213 Å². The molecule has 0 heterocycles. The number of allylic oxidation sites excluding steroid dienone is 24. The van der Waals surface area contributed by atoms with Gasteiger partial charge in [-0.05, 0) is 135 Å². The summed E-state index contributed by atoms with van der Waals surface area (Å²) in [4.78, 5) is 25.5. The van der Waals surface area contributed by atoms with Crippen LogP contribution in [0, 0.1) is 0 Å². The zero-order valence-electron chi connectivity index (χ0n) is 43.8. The van der Waals surface area contributed by atoms with Gasteiger partial charge in [0.1, 0.15) is 6.61 Å². The summed E-state index contributed by atoms with van der Waals surface area (Å²) in [6.45, 7) is 7.36. The molecule has 68 heavy (non-hydrogen) atoms. The zero-order chi connectivity index (χ0) is 49.2. The quantitative estimate of drug-likeness (QED) is 0.0346. The Morgan fingerprint density at radius 2 is 0.618 bits per heavy atom. The van der Waals surface area contributed by atoms with Gasteiger partial charge in [0.2, 0.25) is 0 Å². The van der Waals surface area contributed by atoms with Gasteiger partial charge in [-0.3, -0.25) is 9.59 Å². The molecular weight excluding hydrogens is 837 g/mol. The lowest BCUT2D eigenvalue weighted by Gasteiger charge is -2.18. The highest BCUT2D eigenvalue weighted by molar-refractivity contribution is 5.70. The third-order valence-corrected chi connectivity index (χ3v) is 10.9. The van der Waals surface area contributed by atoms with Crippen LogP contribution in [0.4, 0.5) is 0 Å². The molecule has 0 fully saturated rings. The van der Waals surface area contributed by atoms with Crippen molar-refractivity contribution in [3.05, 3.63) is 146 Å². The van der Waals surface area contributed by atoms with Crippen LogP contribution in [0.25, 0.3) is 0 Å². The highest BCUT2D eigenvalue weighted by Gasteiger charge is 2.17. The van der Waals surface area contributed by atoms with E-state index in [0.717, 1.165) is 154 Å². The molecule has 5 nitrogen and oxygen atoms in total. The molecule has 0 aromatic rings. The first-order valence-corrected chi connectivity index (χ1v) is 27.4. The average molecular weight is 937 g/mol. The summed E-state index contributed by atoms with van der Waals surface area (Å²) < 4.78 is 17.4. The molecule has 5 heteroatoms. The lowest BCUT2D eigenvalue weighted by molar-refractivity contribution is -0.163. The number of rotatable bonds is 48. The van der Waals surface area contributed by atoms with Crippen molar-refractivity contribution >= 4 is 11.9 Å².